The molecule has 5 nitrogen and oxygen atoms in total. The lowest BCUT2D eigenvalue weighted by atomic mass is 10.0. The number of hydrogen-bond donors (Lipinski definition) is 1. The first-order chi connectivity index (χ1) is 9.79. The van der Waals surface area contributed by atoms with E-state index in [-0.39, 0.29) is 12.1 Å². The molecular weight excluding hydrogens is 288 g/mol. The largest absolute Gasteiger partial charge is 0.444 e. The minimum absolute atomic E-state index is 0.205. The first-order valence-corrected chi connectivity index (χ1v) is 9.52. The molecular formula is C15H30N2O3S. The third-order valence-electron chi connectivity index (χ3n) is 3.42. The van der Waals surface area contributed by atoms with Crippen molar-refractivity contribution >= 4 is 16.9 Å². The van der Waals surface area contributed by atoms with Gasteiger partial charge in [-0.3, -0.25) is 4.21 Å². The van der Waals surface area contributed by atoms with Gasteiger partial charge >= 0.3 is 6.09 Å². The van der Waals surface area contributed by atoms with Crippen LogP contribution in [0.3, 0.4) is 0 Å². The number of carbonyl (C=O) groups excluding carboxylic acids is 1. The van der Waals surface area contributed by atoms with Crippen LogP contribution in [0, 0.1) is 0 Å². The summed E-state index contributed by atoms with van der Waals surface area (Å²) in [5, 5.41) is 3.37. The van der Waals surface area contributed by atoms with E-state index in [1.807, 2.05) is 25.7 Å². The van der Waals surface area contributed by atoms with Crippen molar-refractivity contribution in [3.63, 3.8) is 0 Å². The van der Waals surface area contributed by atoms with Crippen LogP contribution in [0.15, 0.2) is 0 Å². The summed E-state index contributed by atoms with van der Waals surface area (Å²) in [5.74, 6) is 0.730. The highest BCUT2D eigenvalue weighted by molar-refractivity contribution is 7.84. The first-order valence-electron chi connectivity index (χ1n) is 7.80. The molecule has 1 heterocycles. The smallest absolute Gasteiger partial charge is 0.410 e. The summed E-state index contributed by atoms with van der Waals surface area (Å²) < 4.78 is 16.5. The van der Waals surface area contributed by atoms with Crippen molar-refractivity contribution in [3.05, 3.63) is 0 Å². The lowest BCUT2D eigenvalue weighted by Gasteiger charge is -2.37. The number of rotatable bonds is 6. The van der Waals surface area contributed by atoms with E-state index in [0.29, 0.717) is 0 Å². The number of carbonyl (C=O) groups is 1. The van der Waals surface area contributed by atoms with Crippen LogP contribution in [0.25, 0.3) is 0 Å². The molecule has 1 fully saturated rings. The number of amides is 1. The number of nitrogens with zero attached hydrogens (tertiary/aromatic N) is 1. The Hall–Kier alpha value is -0.620. The molecule has 21 heavy (non-hydrogen) atoms. The monoisotopic (exact) mass is 318 g/mol. The van der Waals surface area contributed by atoms with Crippen LogP contribution in [0.2, 0.25) is 0 Å². The van der Waals surface area contributed by atoms with Gasteiger partial charge in [0.05, 0.1) is 0 Å². The third-order valence-corrected chi connectivity index (χ3v) is 4.28. The van der Waals surface area contributed by atoms with Gasteiger partial charge in [0.15, 0.2) is 0 Å². The van der Waals surface area contributed by atoms with Crippen LogP contribution < -0.4 is 5.32 Å². The van der Waals surface area contributed by atoms with E-state index in [1.54, 1.807) is 6.26 Å². The highest BCUT2D eigenvalue weighted by atomic mass is 32.2. The Morgan fingerprint density at radius 2 is 2.10 bits per heavy atom. The minimum Gasteiger partial charge on any atom is -0.444 e. The lowest BCUT2D eigenvalue weighted by molar-refractivity contribution is 0.00999. The van der Waals surface area contributed by atoms with Crippen molar-refractivity contribution in [1.29, 1.82) is 0 Å². The average molecular weight is 318 g/mol. The molecule has 2 unspecified atom stereocenters. The van der Waals surface area contributed by atoms with Gasteiger partial charge in [0, 0.05) is 41.9 Å². The minimum atomic E-state index is -0.724. The molecule has 2 atom stereocenters. The molecule has 0 aromatic carbocycles. The predicted molar refractivity (Wildman–Crippen MR) is 87.0 cm³/mol. The molecule has 1 aliphatic heterocycles. The van der Waals surface area contributed by atoms with Gasteiger partial charge in [0.25, 0.3) is 0 Å². The van der Waals surface area contributed by atoms with E-state index < -0.39 is 16.4 Å². The summed E-state index contributed by atoms with van der Waals surface area (Å²) in [6, 6.07) is 0.209. The van der Waals surface area contributed by atoms with E-state index >= 15 is 0 Å². The first kappa shape index (κ1) is 18.4. The fourth-order valence-electron chi connectivity index (χ4n) is 2.44. The Bertz CT molecular complexity index is 355. The molecule has 0 aromatic rings. The number of ether oxygens (including phenoxy) is 1. The maximum Gasteiger partial charge on any atom is 0.410 e. The number of hydrogen-bond acceptors (Lipinski definition) is 4. The van der Waals surface area contributed by atoms with Gasteiger partial charge in [-0.1, -0.05) is 0 Å². The second-order valence-electron chi connectivity index (χ2n) is 6.66. The number of nitrogens with one attached hydrogen (secondary N) is 1. The highest BCUT2D eigenvalue weighted by Gasteiger charge is 2.29. The van der Waals surface area contributed by atoms with Gasteiger partial charge in [0.2, 0.25) is 0 Å². The van der Waals surface area contributed by atoms with Crippen LogP contribution in [-0.4, -0.2) is 58.5 Å². The van der Waals surface area contributed by atoms with Crippen LogP contribution in [0.1, 0.15) is 46.5 Å². The van der Waals surface area contributed by atoms with Crippen molar-refractivity contribution in [2.24, 2.45) is 0 Å². The molecule has 0 bridgehead atoms. The Labute approximate surface area is 131 Å². The van der Waals surface area contributed by atoms with Crippen LogP contribution in [0.4, 0.5) is 4.79 Å². The second-order valence-corrected chi connectivity index (χ2v) is 8.21. The molecule has 0 aliphatic carbocycles. The van der Waals surface area contributed by atoms with Crippen molar-refractivity contribution in [2.45, 2.75) is 58.1 Å². The quantitative estimate of drug-likeness (QED) is 0.762. The van der Waals surface area contributed by atoms with E-state index in [0.717, 1.165) is 51.1 Å². The molecule has 1 aliphatic rings. The second kappa shape index (κ2) is 8.73. The van der Waals surface area contributed by atoms with Crippen molar-refractivity contribution < 1.29 is 13.7 Å². The summed E-state index contributed by atoms with van der Waals surface area (Å²) in [5.41, 5.74) is -0.447. The average Bonchev–Trinajstić information content (AvgIpc) is 2.36. The van der Waals surface area contributed by atoms with Crippen molar-refractivity contribution in [1.82, 2.24) is 10.2 Å². The van der Waals surface area contributed by atoms with Crippen molar-refractivity contribution in [3.8, 4) is 0 Å². The molecule has 0 aromatic heterocycles. The van der Waals surface area contributed by atoms with E-state index in [4.69, 9.17) is 4.74 Å². The SMILES string of the molecule is CS(=O)CCCNCC1CCCCN1C(=O)OC(C)(C)C. The lowest BCUT2D eigenvalue weighted by Crippen LogP contribution is -2.50. The summed E-state index contributed by atoms with van der Waals surface area (Å²) in [6.45, 7) is 8.10. The Morgan fingerprint density at radius 1 is 1.38 bits per heavy atom. The fraction of sp³-hybridized carbons (Fsp3) is 0.933. The standard InChI is InChI=1S/C15H30N2O3S/c1-15(2,3)20-14(18)17-10-6-5-8-13(17)12-16-9-7-11-21(4)19/h13,16H,5-12H2,1-4H3. The Morgan fingerprint density at radius 3 is 2.71 bits per heavy atom. The Balaban J connectivity index is 2.38. The van der Waals surface area contributed by atoms with Gasteiger partial charge in [0.1, 0.15) is 5.60 Å². The van der Waals surface area contributed by atoms with Gasteiger partial charge in [-0.25, -0.2) is 4.79 Å². The highest BCUT2D eigenvalue weighted by Crippen LogP contribution is 2.19. The molecule has 0 saturated carbocycles. The zero-order valence-corrected chi connectivity index (χ0v) is 14.6. The molecule has 1 N–H and O–H groups in total. The molecule has 124 valence electrons. The predicted octanol–water partition coefficient (Wildman–Crippen LogP) is 2.13. The van der Waals surface area contributed by atoms with Crippen molar-refractivity contribution in [2.75, 3.05) is 31.6 Å². The van der Waals surface area contributed by atoms with E-state index in [1.165, 1.54) is 0 Å². The maximum absolute atomic E-state index is 12.2. The third kappa shape index (κ3) is 7.81. The molecule has 0 spiro atoms. The van der Waals surface area contributed by atoms with Crippen LogP contribution in [-0.2, 0) is 15.5 Å². The molecule has 0 radical (unpaired) electrons. The number of piperidine rings is 1. The zero-order valence-electron chi connectivity index (χ0n) is 13.8. The topological polar surface area (TPSA) is 58.6 Å². The van der Waals surface area contributed by atoms with Crippen LogP contribution in [0.5, 0.6) is 0 Å². The van der Waals surface area contributed by atoms with Gasteiger partial charge in [-0.05, 0) is 53.0 Å². The number of likely N-dealkylation sites (tertiary alicyclic amines) is 1. The molecule has 1 rings (SSSR count). The van der Waals surface area contributed by atoms with Gasteiger partial charge < -0.3 is 15.0 Å². The maximum atomic E-state index is 12.2. The molecule has 6 heteroatoms. The normalized spacial score (nSPS) is 21.1. The van der Waals surface area contributed by atoms with Crippen LogP contribution >= 0.6 is 0 Å². The van der Waals surface area contributed by atoms with E-state index in [2.05, 4.69) is 5.32 Å². The van der Waals surface area contributed by atoms with Gasteiger partial charge in [-0.2, -0.15) is 0 Å². The summed E-state index contributed by atoms with van der Waals surface area (Å²) in [7, 11) is -0.724. The van der Waals surface area contributed by atoms with E-state index in [9.17, 15) is 9.00 Å². The summed E-state index contributed by atoms with van der Waals surface area (Å²) in [4.78, 5) is 14.1. The zero-order chi connectivity index (χ0) is 15.9. The van der Waals surface area contributed by atoms with Gasteiger partial charge in [-0.15, -0.1) is 0 Å². The molecule has 1 amide bonds. The Kier molecular flexibility index (Phi) is 7.66. The summed E-state index contributed by atoms with van der Waals surface area (Å²) in [6.07, 6.45) is 5.65. The molecule has 1 saturated heterocycles. The fourth-order valence-corrected chi connectivity index (χ4v) is 2.99. The summed E-state index contributed by atoms with van der Waals surface area (Å²) >= 11 is 0.